The van der Waals surface area contributed by atoms with Crippen molar-refractivity contribution in [1.29, 1.82) is 0 Å². The maximum absolute atomic E-state index is 13.2. The van der Waals surface area contributed by atoms with Crippen molar-refractivity contribution in [2.45, 2.75) is 18.6 Å². The molecule has 1 aromatic rings. The van der Waals surface area contributed by atoms with E-state index in [-0.39, 0.29) is 17.4 Å². The van der Waals surface area contributed by atoms with Gasteiger partial charge in [-0.05, 0) is 11.6 Å². The van der Waals surface area contributed by atoms with Crippen LogP contribution < -0.4 is 0 Å². The Kier molecular flexibility index (Phi) is 4.30. The van der Waals surface area contributed by atoms with E-state index in [1.165, 1.54) is 12.1 Å². The van der Waals surface area contributed by atoms with Gasteiger partial charge in [-0.25, -0.2) is 4.39 Å². The van der Waals surface area contributed by atoms with Crippen LogP contribution in [0.2, 0.25) is 0 Å². The molecule has 0 saturated carbocycles. The molecular weight excluding hydrogens is 231 g/mol. The Morgan fingerprint density at radius 1 is 1.41 bits per heavy atom. The van der Waals surface area contributed by atoms with Gasteiger partial charge in [-0.3, -0.25) is 9.59 Å². The Morgan fingerprint density at radius 3 is 2.59 bits per heavy atom. The summed E-state index contributed by atoms with van der Waals surface area (Å²) < 4.78 is 13.2. The number of aliphatic hydroxyl groups excluding tert-OH is 2. The number of aldehydes is 1. The Morgan fingerprint density at radius 2 is 2.06 bits per heavy atom. The Labute approximate surface area is 96.1 Å². The lowest BCUT2D eigenvalue weighted by Gasteiger charge is -2.18. The molecule has 1 aromatic carbocycles. The maximum atomic E-state index is 13.2. The first-order valence-electron chi connectivity index (χ1n) is 4.79. The number of aliphatic carboxylic acids is 1. The first-order chi connectivity index (χ1) is 7.97. The highest BCUT2D eigenvalue weighted by Gasteiger charge is 2.24. The third-order valence-electron chi connectivity index (χ3n) is 2.27. The van der Waals surface area contributed by atoms with Crippen molar-refractivity contribution < 1.29 is 29.3 Å². The molecule has 0 aliphatic heterocycles. The van der Waals surface area contributed by atoms with Gasteiger partial charge in [-0.2, -0.15) is 0 Å². The lowest BCUT2D eigenvalue weighted by Crippen LogP contribution is -2.23. The van der Waals surface area contributed by atoms with Crippen LogP contribution in [-0.4, -0.2) is 33.7 Å². The van der Waals surface area contributed by atoms with Crippen molar-refractivity contribution in [3.63, 3.8) is 0 Å². The van der Waals surface area contributed by atoms with E-state index in [9.17, 15) is 24.2 Å². The molecule has 1 rings (SSSR count). The van der Waals surface area contributed by atoms with Crippen LogP contribution >= 0.6 is 0 Å². The number of carboxylic acid groups (broad SMARTS) is 1. The summed E-state index contributed by atoms with van der Waals surface area (Å²) in [4.78, 5) is 21.0. The normalized spacial score (nSPS) is 14.1. The number of aliphatic hydroxyl groups is 2. The van der Waals surface area contributed by atoms with Crippen molar-refractivity contribution in [1.82, 2.24) is 0 Å². The predicted octanol–water partition coefficient (Wildman–Crippen LogP) is 0.507. The van der Waals surface area contributed by atoms with Gasteiger partial charge in [-0.15, -0.1) is 0 Å². The van der Waals surface area contributed by atoms with Gasteiger partial charge in [0.1, 0.15) is 11.9 Å². The highest BCUT2D eigenvalue weighted by molar-refractivity contribution is 5.78. The fourth-order valence-electron chi connectivity index (χ4n) is 1.43. The number of hydrogen-bond acceptors (Lipinski definition) is 4. The molecule has 6 heteroatoms. The van der Waals surface area contributed by atoms with Gasteiger partial charge in [0, 0.05) is 0 Å². The van der Waals surface area contributed by atoms with Crippen LogP contribution in [0, 0.1) is 5.82 Å². The number of hydrogen-bond donors (Lipinski definition) is 3. The quantitative estimate of drug-likeness (QED) is 0.654. The standard InChI is InChI=1S/C11H11FO5/c12-8-3-1-2-6(7(8)5-13)11(17)9(14)4-10(15)16/h1-3,5,9,11,14,17H,4H2,(H,15,16). The second-order valence-electron chi connectivity index (χ2n) is 3.47. The summed E-state index contributed by atoms with van der Waals surface area (Å²) in [7, 11) is 0. The SMILES string of the molecule is O=Cc1c(F)cccc1C(O)C(O)CC(=O)O. The molecule has 0 bridgehead atoms. The van der Waals surface area contributed by atoms with Gasteiger partial charge in [0.2, 0.25) is 0 Å². The first-order valence-corrected chi connectivity index (χ1v) is 4.79. The van der Waals surface area contributed by atoms with Crippen LogP contribution in [0.15, 0.2) is 18.2 Å². The zero-order valence-electron chi connectivity index (χ0n) is 8.71. The number of carboxylic acids is 1. The number of halogens is 1. The first kappa shape index (κ1) is 13.3. The van der Waals surface area contributed by atoms with Crippen LogP contribution in [0.5, 0.6) is 0 Å². The molecule has 2 atom stereocenters. The van der Waals surface area contributed by atoms with E-state index in [0.717, 1.165) is 6.07 Å². The van der Waals surface area contributed by atoms with E-state index < -0.39 is 30.4 Å². The van der Waals surface area contributed by atoms with Gasteiger partial charge in [0.05, 0.1) is 18.1 Å². The van der Waals surface area contributed by atoms with Crippen LogP contribution in [0.1, 0.15) is 28.4 Å². The van der Waals surface area contributed by atoms with Crippen LogP contribution in [0.4, 0.5) is 4.39 Å². The molecule has 0 aliphatic rings. The zero-order valence-corrected chi connectivity index (χ0v) is 8.71. The topological polar surface area (TPSA) is 94.8 Å². The third-order valence-corrected chi connectivity index (χ3v) is 2.27. The van der Waals surface area contributed by atoms with Crippen molar-refractivity contribution in [2.75, 3.05) is 0 Å². The van der Waals surface area contributed by atoms with E-state index in [4.69, 9.17) is 5.11 Å². The van der Waals surface area contributed by atoms with E-state index in [1.54, 1.807) is 0 Å². The zero-order chi connectivity index (χ0) is 13.0. The lowest BCUT2D eigenvalue weighted by molar-refractivity contribution is -0.141. The molecule has 92 valence electrons. The highest BCUT2D eigenvalue weighted by atomic mass is 19.1. The minimum Gasteiger partial charge on any atom is -0.481 e. The Bertz CT molecular complexity index is 432. The molecule has 2 unspecified atom stereocenters. The van der Waals surface area contributed by atoms with E-state index in [2.05, 4.69) is 0 Å². The monoisotopic (exact) mass is 242 g/mol. The molecule has 0 aliphatic carbocycles. The summed E-state index contributed by atoms with van der Waals surface area (Å²) >= 11 is 0. The summed E-state index contributed by atoms with van der Waals surface area (Å²) in [5.74, 6) is -2.14. The minimum atomic E-state index is -1.62. The highest BCUT2D eigenvalue weighted by Crippen LogP contribution is 2.23. The second-order valence-corrected chi connectivity index (χ2v) is 3.47. The molecule has 0 amide bonds. The van der Waals surface area contributed by atoms with E-state index >= 15 is 0 Å². The minimum absolute atomic E-state index is 0.131. The van der Waals surface area contributed by atoms with Gasteiger partial charge in [-0.1, -0.05) is 12.1 Å². The van der Waals surface area contributed by atoms with Crippen molar-refractivity contribution in [3.05, 3.63) is 35.1 Å². The molecule has 3 N–H and O–H groups in total. The molecule has 0 fully saturated rings. The maximum Gasteiger partial charge on any atom is 0.306 e. The third kappa shape index (κ3) is 3.08. The molecule has 0 aromatic heterocycles. The van der Waals surface area contributed by atoms with Crippen LogP contribution in [-0.2, 0) is 4.79 Å². The van der Waals surface area contributed by atoms with Crippen molar-refractivity contribution in [3.8, 4) is 0 Å². The molecule has 17 heavy (non-hydrogen) atoms. The molecule has 0 heterocycles. The van der Waals surface area contributed by atoms with Crippen molar-refractivity contribution in [2.24, 2.45) is 0 Å². The summed E-state index contributed by atoms with van der Waals surface area (Å²) in [5.41, 5.74) is -0.516. The average molecular weight is 242 g/mol. The number of carbonyl (C=O) groups excluding carboxylic acids is 1. The smallest absolute Gasteiger partial charge is 0.306 e. The van der Waals surface area contributed by atoms with Gasteiger partial charge >= 0.3 is 5.97 Å². The Balaban J connectivity index is 3.03. The molecule has 5 nitrogen and oxygen atoms in total. The summed E-state index contributed by atoms with van der Waals surface area (Å²) in [6.07, 6.45) is -3.72. The Hall–Kier alpha value is -1.79. The molecule has 0 spiro atoms. The van der Waals surface area contributed by atoms with E-state index in [0.29, 0.717) is 0 Å². The molecule has 0 saturated heterocycles. The van der Waals surface area contributed by atoms with Gasteiger partial charge in [0.15, 0.2) is 6.29 Å². The second kappa shape index (κ2) is 5.51. The van der Waals surface area contributed by atoms with E-state index in [1.807, 2.05) is 0 Å². The predicted molar refractivity (Wildman–Crippen MR) is 55.0 cm³/mol. The summed E-state index contributed by atoms with van der Waals surface area (Å²) in [6, 6.07) is 3.54. The lowest BCUT2D eigenvalue weighted by atomic mass is 9.97. The average Bonchev–Trinajstić information content (AvgIpc) is 2.26. The van der Waals surface area contributed by atoms with Crippen LogP contribution in [0.3, 0.4) is 0 Å². The van der Waals surface area contributed by atoms with Gasteiger partial charge in [0.25, 0.3) is 0 Å². The fourth-order valence-corrected chi connectivity index (χ4v) is 1.43. The number of carbonyl (C=O) groups is 2. The fraction of sp³-hybridized carbons (Fsp3) is 0.273. The molecular formula is C11H11FO5. The van der Waals surface area contributed by atoms with Crippen molar-refractivity contribution >= 4 is 12.3 Å². The number of benzene rings is 1. The largest absolute Gasteiger partial charge is 0.481 e. The number of rotatable bonds is 5. The summed E-state index contributed by atoms with van der Waals surface area (Å²) in [6.45, 7) is 0. The van der Waals surface area contributed by atoms with Crippen LogP contribution in [0.25, 0.3) is 0 Å². The summed E-state index contributed by atoms with van der Waals surface area (Å²) in [5, 5.41) is 27.5. The van der Waals surface area contributed by atoms with Gasteiger partial charge < -0.3 is 15.3 Å². The molecule has 0 radical (unpaired) electrons.